The Kier molecular flexibility index (Phi) is 3.59. The van der Waals surface area contributed by atoms with Gasteiger partial charge in [-0.1, -0.05) is 23.7 Å². The topological polar surface area (TPSA) is 41.5 Å². The third kappa shape index (κ3) is 2.69. The Morgan fingerprint density at radius 3 is 2.73 bits per heavy atom. The van der Waals surface area contributed by atoms with Crippen molar-refractivity contribution in [1.82, 2.24) is 5.32 Å². The van der Waals surface area contributed by atoms with Crippen LogP contribution in [0.3, 0.4) is 0 Å². The van der Waals surface area contributed by atoms with Crippen molar-refractivity contribution in [1.29, 1.82) is 0 Å². The van der Waals surface area contributed by atoms with Crippen LogP contribution in [0.25, 0.3) is 0 Å². The lowest BCUT2D eigenvalue weighted by atomic mass is 10.1. The van der Waals surface area contributed by atoms with Crippen molar-refractivity contribution in [2.75, 3.05) is 19.8 Å². The molecule has 1 aromatic carbocycles. The quantitative estimate of drug-likeness (QED) is 0.802. The van der Waals surface area contributed by atoms with Gasteiger partial charge in [0.2, 0.25) is 0 Å². The lowest BCUT2D eigenvalue weighted by Crippen LogP contribution is -2.45. The van der Waals surface area contributed by atoms with Crippen LogP contribution in [-0.4, -0.2) is 31.0 Å². The van der Waals surface area contributed by atoms with Crippen LogP contribution in [0.2, 0.25) is 5.02 Å². The molecule has 2 atom stereocenters. The van der Waals surface area contributed by atoms with E-state index in [1.807, 2.05) is 24.3 Å². The van der Waals surface area contributed by atoms with E-state index in [-0.39, 0.29) is 18.7 Å². The second-order valence-corrected chi connectivity index (χ2v) is 4.12. The third-order valence-corrected chi connectivity index (χ3v) is 2.79. The number of ether oxygens (including phenoxy) is 1. The molecule has 82 valence electrons. The maximum Gasteiger partial charge on any atom is 0.0662 e. The van der Waals surface area contributed by atoms with Crippen LogP contribution in [0.1, 0.15) is 11.6 Å². The van der Waals surface area contributed by atoms with Gasteiger partial charge in [-0.2, -0.15) is 0 Å². The van der Waals surface area contributed by atoms with Crippen LogP contribution in [0.15, 0.2) is 24.3 Å². The Labute approximate surface area is 94.0 Å². The SMILES string of the molecule is OC[C@H]1COC[C@@H](c2ccc(Cl)cc2)N1. The number of hydrogen-bond donors (Lipinski definition) is 2. The molecule has 1 aromatic rings. The summed E-state index contributed by atoms with van der Waals surface area (Å²) in [6, 6.07) is 7.85. The second kappa shape index (κ2) is 4.94. The normalized spacial score (nSPS) is 26.5. The first kappa shape index (κ1) is 10.9. The summed E-state index contributed by atoms with van der Waals surface area (Å²) < 4.78 is 5.41. The fraction of sp³-hybridized carbons (Fsp3) is 0.455. The first-order valence-electron chi connectivity index (χ1n) is 4.99. The Balaban J connectivity index is 2.06. The van der Waals surface area contributed by atoms with Gasteiger partial charge in [-0.3, -0.25) is 0 Å². The maximum absolute atomic E-state index is 9.04. The number of hydrogen-bond acceptors (Lipinski definition) is 3. The van der Waals surface area contributed by atoms with Crippen LogP contribution in [-0.2, 0) is 4.74 Å². The summed E-state index contributed by atoms with van der Waals surface area (Å²) in [5.74, 6) is 0. The van der Waals surface area contributed by atoms with Crippen molar-refractivity contribution in [2.45, 2.75) is 12.1 Å². The fourth-order valence-electron chi connectivity index (χ4n) is 1.70. The molecule has 0 aromatic heterocycles. The number of aliphatic hydroxyl groups is 1. The first-order chi connectivity index (χ1) is 7.29. The molecule has 1 saturated heterocycles. The minimum absolute atomic E-state index is 0.0272. The largest absolute Gasteiger partial charge is 0.395 e. The summed E-state index contributed by atoms with van der Waals surface area (Å²) in [6.07, 6.45) is 0. The maximum atomic E-state index is 9.04. The molecule has 0 unspecified atom stereocenters. The van der Waals surface area contributed by atoms with E-state index >= 15 is 0 Å². The van der Waals surface area contributed by atoms with Crippen molar-refractivity contribution in [3.8, 4) is 0 Å². The molecule has 1 aliphatic heterocycles. The molecule has 4 heteroatoms. The van der Waals surface area contributed by atoms with Gasteiger partial charge in [0, 0.05) is 5.02 Å². The van der Waals surface area contributed by atoms with Gasteiger partial charge in [-0.25, -0.2) is 0 Å². The molecule has 0 amide bonds. The van der Waals surface area contributed by atoms with Gasteiger partial charge in [0.25, 0.3) is 0 Å². The van der Waals surface area contributed by atoms with E-state index in [1.54, 1.807) is 0 Å². The number of aliphatic hydroxyl groups excluding tert-OH is 1. The zero-order chi connectivity index (χ0) is 10.7. The van der Waals surface area contributed by atoms with Crippen LogP contribution < -0.4 is 5.32 Å². The molecular weight excluding hydrogens is 214 g/mol. The molecule has 0 saturated carbocycles. The number of halogens is 1. The third-order valence-electron chi connectivity index (χ3n) is 2.53. The smallest absolute Gasteiger partial charge is 0.0662 e. The molecule has 0 bridgehead atoms. The molecular formula is C11H14ClNO2. The minimum atomic E-state index is 0.0272. The Morgan fingerprint density at radius 2 is 2.07 bits per heavy atom. The predicted molar refractivity (Wildman–Crippen MR) is 59.0 cm³/mol. The molecule has 2 N–H and O–H groups in total. The van der Waals surface area contributed by atoms with E-state index in [9.17, 15) is 0 Å². The van der Waals surface area contributed by atoms with Crippen molar-refractivity contribution in [3.05, 3.63) is 34.9 Å². The summed E-state index contributed by atoms with van der Waals surface area (Å²) in [5, 5.41) is 13.1. The van der Waals surface area contributed by atoms with Crippen LogP contribution >= 0.6 is 11.6 Å². The molecule has 1 heterocycles. The second-order valence-electron chi connectivity index (χ2n) is 3.69. The van der Waals surface area contributed by atoms with E-state index in [2.05, 4.69) is 5.32 Å². The van der Waals surface area contributed by atoms with Crippen molar-refractivity contribution < 1.29 is 9.84 Å². The standard InChI is InChI=1S/C11H14ClNO2/c12-9-3-1-8(2-4-9)11-7-15-6-10(5-14)13-11/h1-4,10-11,13-14H,5-7H2/t10-,11-/m0/s1. The summed E-state index contributed by atoms with van der Waals surface area (Å²) in [4.78, 5) is 0. The van der Waals surface area contributed by atoms with Gasteiger partial charge < -0.3 is 15.2 Å². The number of benzene rings is 1. The Morgan fingerprint density at radius 1 is 1.33 bits per heavy atom. The minimum Gasteiger partial charge on any atom is -0.395 e. The molecule has 0 radical (unpaired) electrons. The molecule has 0 aliphatic carbocycles. The summed E-state index contributed by atoms with van der Waals surface area (Å²) in [6.45, 7) is 1.31. The molecule has 2 rings (SSSR count). The number of rotatable bonds is 2. The number of nitrogens with one attached hydrogen (secondary N) is 1. The summed E-state index contributed by atoms with van der Waals surface area (Å²) in [7, 11) is 0. The lowest BCUT2D eigenvalue weighted by molar-refractivity contribution is 0.0265. The highest BCUT2D eigenvalue weighted by Gasteiger charge is 2.21. The highest BCUT2D eigenvalue weighted by Crippen LogP contribution is 2.19. The highest BCUT2D eigenvalue weighted by molar-refractivity contribution is 6.30. The molecule has 1 fully saturated rings. The van der Waals surface area contributed by atoms with E-state index < -0.39 is 0 Å². The number of morpholine rings is 1. The Hall–Kier alpha value is -0.610. The average molecular weight is 228 g/mol. The van der Waals surface area contributed by atoms with Crippen molar-refractivity contribution in [3.63, 3.8) is 0 Å². The van der Waals surface area contributed by atoms with Crippen molar-refractivity contribution in [2.24, 2.45) is 0 Å². The van der Waals surface area contributed by atoms with Gasteiger partial charge in [0.15, 0.2) is 0 Å². The monoisotopic (exact) mass is 227 g/mol. The van der Waals surface area contributed by atoms with E-state index in [4.69, 9.17) is 21.4 Å². The highest BCUT2D eigenvalue weighted by atomic mass is 35.5. The Bertz CT molecular complexity index is 315. The average Bonchev–Trinajstić information content (AvgIpc) is 2.30. The van der Waals surface area contributed by atoms with Crippen LogP contribution in [0, 0.1) is 0 Å². The van der Waals surface area contributed by atoms with Gasteiger partial charge in [-0.05, 0) is 17.7 Å². The summed E-state index contributed by atoms with van der Waals surface area (Å²) in [5.41, 5.74) is 1.14. The van der Waals surface area contributed by atoms with Crippen LogP contribution in [0.5, 0.6) is 0 Å². The molecule has 1 aliphatic rings. The molecule has 0 spiro atoms. The van der Waals surface area contributed by atoms with Gasteiger partial charge >= 0.3 is 0 Å². The van der Waals surface area contributed by atoms with E-state index in [0.29, 0.717) is 13.2 Å². The van der Waals surface area contributed by atoms with Gasteiger partial charge in [0.05, 0.1) is 31.9 Å². The zero-order valence-corrected chi connectivity index (χ0v) is 9.07. The van der Waals surface area contributed by atoms with Gasteiger partial charge in [-0.15, -0.1) is 0 Å². The van der Waals surface area contributed by atoms with E-state index in [1.165, 1.54) is 0 Å². The fourth-order valence-corrected chi connectivity index (χ4v) is 1.83. The van der Waals surface area contributed by atoms with Crippen LogP contribution in [0.4, 0.5) is 0 Å². The molecule has 15 heavy (non-hydrogen) atoms. The predicted octanol–water partition coefficient (Wildman–Crippen LogP) is 1.36. The van der Waals surface area contributed by atoms with Crippen molar-refractivity contribution >= 4 is 11.6 Å². The lowest BCUT2D eigenvalue weighted by Gasteiger charge is -2.30. The van der Waals surface area contributed by atoms with Gasteiger partial charge in [0.1, 0.15) is 0 Å². The molecule has 3 nitrogen and oxygen atoms in total. The van der Waals surface area contributed by atoms with E-state index in [0.717, 1.165) is 10.6 Å². The first-order valence-corrected chi connectivity index (χ1v) is 5.37. The summed E-state index contributed by atoms with van der Waals surface area (Å²) >= 11 is 5.81. The zero-order valence-electron chi connectivity index (χ0n) is 8.32.